The third kappa shape index (κ3) is 3.55. The Kier molecular flexibility index (Phi) is 4.79. The summed E-state index contributed by atoms with van der Waals surface area (Å²) in [5, 5.41) is 5.49. The summed E-state index contributed by atoms with van der Waals surface area (Å²) in [5.41, 5.74) is 7.29. The molecule has 2 amide bonds. The molecule has 0 fully saturated rings. The molecule has 4 N–H and O–H groups in total. The van der Waals surface area contributed by atoms with Gasteiger partial charge in [0.1, 0.15) is 0 Å². The van der Waals surface area contributed by atoms with Crippen molar-refractivity contribution in [2.45, 2.75) is 19.8 Å². The molecule has 88 valence electrons. The first-order valence-electron chi connectivity index (χ1n) is 5.49. The summed E-state index contributed by atoms with van der Waals surface area (Å²) >= 11 is 0. The average Bonchev–Trinajstić information content (AvgIpc) is 2.27. The summed E-state index contributed by atoms with van der Waals surface area (Å²) in [6, 6.07) is 7.59. The van der Waals surface area contributed by atoms with Crippen LogP contribution in [0.2, 0.25) is 0 Å². The van der Waals surface area contributed by atoms with Gasteiger partial charge in [-0.2, -0.15) is 0 Å². The van der Waals surface area contributed by atoms with Crippen LogP contribution in [0.5, 0.6) is 0 Å². The van der Waals surface area contributed by atoms with E-state index in [4.69, 9.17) is 5.73 Å². The Hall–Kier alpha value is -1.55. The Morgan fingerprint density at radius 3 is 2.69 bits per heavy atom. The van der Waals surface area contributed by atoms with Crippen molar-refractivity contribution in [2.75, 3.05) is 18.4 Å². The lowest BCUT2D eigenvalue weighted by atomic mass is 10.0. The lowest BCUT2D eigenvalue weighted by molar-refractivity contribution is 0.252. The maximum Gasteiger partial charge on any atom is 0.319 e. The molecular weight excluding hydrogens is 202 g/mol. The topological polar surface area (TPSA) is 67.2 Å². The highest BCUT2D eigenvalue weighted by molar-refractivity contribution is 5.90. The molecule has 0 bridgehead atoms. The third-order valence-corrected chi connectivity index (χ3v) is 2.26. The van der Waals surface area contributed by atoms with Crippen molar-refractivity contribution in [1.29, 1.82) is 0 Å². The van der Waals surface area contributed by atoms with Gasteiger partial charge in [-0.25, -0.2) is 4.79 Å². The zero-order valence-corrected chi connectivity index (χ0v) is 9.79. The van der Waals surface area contributed by atoms with E-state index in [9.17, 15) is 4.79 Å². The number of carbonyl (C=O) groups is 1. The van der Waals surface area contributed by atoms with Gasteiger partial charge in [-0.1, -0.05) is 32.0 Å². The van der Waals surface area contributed by atoms with E-state index < -0.39 is 0 Å². The van der Waals surface area contributed by atoms with Gasteiger partial charge >= 0.3 is 6.03 Å². The molecule has 0 aromatic heterocycles. The van der Waals surface area contributed by atoms with Crippen molar-refractivity contribution in [3.63, 3.8) is 0 Å². The van der Waals surface area contributed by atoms with E-state index in [1.54, 1.807) is 0 Å². The molecule has 0 aliphatic heterocycles. The largest absolute Gasteiger partial charge is 0.337 e. The van der Waals surface area contributed by atoms with Crippen LogP contribution in [0.25, 0.3) is 0 Å². The van der Waals surface area contributed by atoms with Gasteiger partial charge in [0.25, 0.3) is 0 Å². The Morgan fingerprint density at radius 2 is 2.06 bits per heavy atom. The number of urea groups is 1. The third-order valence-electron chi connectivity index (χ3n) is 2.26. The maximum absolute atomic E-state index is 11.5. The summed E-state index contributed by atoms with van der Waals surface area (Å²) < 4.78 is 0. The molecule has 0 saturated carbocycles. The predicted molar refractivity (Wildman–Crippen MR) is 66.6 cm³/mol. The van der Waals surface area contributed by atoms with Crippen LogP contribution in [-0.2, 0) is 0 Å². The highest BCUT2D eigenvalue weighted by atomic mass is 16.2. The molecule has 1 aromatic carbocycles. The fourth-order valence-electron chi connectivity index (χ4n) is 1.47. The van der Waals surface area contributed by atoms with Crippen LogP contribution >= 0.6 is 0 Å². The smallest absolute Gasteiger partial charge is 0.319 e. The molecule has 4 nitrogen and oxygen atoms in total. The van der Waals surface area contributed by atoms with Crippen LogP contribution in [0.15, 0.2) is 24.3 Å². The Balaban J connectivity index is 2.69. The molecule has 0 heterocycles. The number of hydrogen-bond acceptors (Lipinski definition) is 2. The number of nitrogens with two attached hydrogens (primary N) is 1. The summed E-state index contributed by atoms with van der Waals surface area (Å²) in [4.78, 5) is 11.5. The lowest BCUT2D eigenvalue weighted by Gasteiger charge is -2.13. The summed E-state index contributed by atoms with van der Waals surface area (Å²) in [5.74, 6) is 0.381. The second kappa shape index (κ2) is 6.12. The van der Waals surface area contributed by atoms with Crippen molar-refractivity contribution in [1.82, 2.24) is 5.32 Å². The SMILES string of the molecule is CC(C)c1ccccc1NC(=O)NCCN. The number of anilines is 1. The summed E-state index contributed by atoms with van der Waals surface area (Å²) in [6.07, 6.45) is 0. The van der Waals surface area contributed by atoms with Gasteiger partial charge in [0.05, 0.1) is 0 Å². The molecule has 0 aliphatic carbocycles. The number of para-hydroxylation sites is 1. The average molecular weight is 221 g/mol. The lowest BCUT2D eigenvalue weighted by Crippen LogP contribution is -2.33. The molecule has 1 aromatic rings. The highest BCUT2D eigenvalue weighted by Crippen LogP contribution is 2.23. The fourth-order valence-corrected chi connectivity index (χ4v) is 1.47. The van der Waals surface area contributed by atoms with Crippen LogP contribution in [0.3, 0.4) is 0 Å². The van der Waals surface area contributed by atoms with Gasteiger partial charge in [0.2, 0.25) is 0 Å². The van der Waals surface area contributed by atoms with Crippen LogP contribution < -0.4 is 16.4 Å². The van der Waals surface area contributed by atoms with Crippen molar-refractivity contribution in [3.05, 3.63) is 29.8 Å². The fraction of sp³-hybridized carbons (Fsp3) is 0.417. The van der Waals surface area contributed by atoms with Crippen LogP contribution in [0, 0.1) is 0 Å². The number of benzene rings is 1. The summed E-state index contributed by atoms with van der Waals surface area (Å²) in [7, 11) is 0. The molecule has 1 rings (SSSR count). The molecule has 0 saturated heterocycles. The Bertz CT molecular complexity index is 350. The molecule has 0 aliphatic rings. The Labute approximate surface area is 96.2 Å². The van der Waals surface area contributed by atoms with E-state index in [2.05, 4.69) is 24.5 Å². The number of amides is 2. The van der Waals surface area contributed by atoms with Crippen LogP contribution in [0.4, 0.5) is 10.5 Å². The molecule has 4 heteroatoms. The monoisotopic (exact) mass is 221 g/mol. The minimum Gasteiger partial charge on any atom is -0.337 e. The minimum absolute atomic E-state index is 0.210. The molecule has 0 atom stereocenters. The van der Waals surface area contributed by atoms with E-state index >= 15 is 0 Å². The normalized spacial score (nSPS) is 10.2. The van der Waals surface area contributed by atoms with E-state index in [1.807, 2.05) is 24.3 Å². The molecule has 0 radical (unpaired) electrons. The number of nitrogens with one attached hydrogen (secondary N) is 2. The van der Waals surface area contributed by atoms with Crippen molar-refractivity contribution < 1.29 is 4.79 Å². The molecule has 0 spiro atoms. The van der Waals surface area contributed by atoms with Gasteiger partial charge in [-0.15, -0.1) is 0 Å². The van der Waals surface area contributed by atoms with Crippen molar-refractivity contribution in [2.24, 2.45) is 5.73 Å². The number of rotatable bonds is 4. The zero-order valence-electron chi connectivity index (χ0n) is 9.79. The summed E-state index contributed by atoms with van der Waals surface area (Å²) in [6.45, 7) is 5.12. The van der Waals surface area contributed by atoms with Crippen molar-refractivity contribution >= 4 is 11.7 Å². The first kappa shape index (κ1) is 12.5. The van der Waals surface area contributed by atoms with E-state index in [1.165, 1.54) is 0 Å². The zero-order chi connectivity index (χ0) is 12.0. The van der Waals surface area contributed by atoms with Gasteiger partial charge in [-0.05, 0) is 17.5 Å². The van der Waals surface area contributed by atoms with Crippen LogP contribution in [-0.4, -0.2) is 19.1 Å². The van der Waals surface area contributed by atoms with Gasteiger partial charge in [0.15, 0.2) is 0 Å². The first-order chi connectivity index (χ1) is 7.65. The second-order valence-corrected chi connectivity index (χ2v) is 3.91. The molecule has 16 heavy (non-hydrogen) atoms. The number of hydrogen-bond donors (Lipinski definition) is 3. The van der Waals surface area contributed by atoms with Crippen molar-refractivity contribution in [3.8, 4) is 0 Å². The second-order valence-electron chi connectivity index (χ2n) is 3.91. The van der Waals surface area contributed by atoms with E-state index in [0.717, 1.165) is 11.3 Å². The predicted octanol–water partition coefficient (Wildman–Crippen LogP) is 1.89. The van der Waals surface area contributed by atoms with Gasteiger partial charge in [-0.3, -0.25) is 0 Å². The minimum atomic E-state index is -0.210. The number of carbonyl (C=O) groups excluding carboxylic acids is 1. The molecular formula is C12H19N3O. The first-order valence-corrected chi connectivity index (χ1v) is 5.49. The quantitative estimate of drug-likeness (QED) is 0.726. The highest BCUT2D eigenvalue weighted by Gasteiger charge is 2.07. The van der Waals surface area contributed by atoms with Gasteiger partial charge in [0, 0.05) is 18.8 Å². The van der Waals surface area contributed by atoms with E-state index in [-0.39, 0.29) is 6.03 Å². The Morgan fingerprint density at radius 1 is 1.38 bits per heavy atom. The van der Waals surface area contributed by atoms with Crippen LogP contribution in [0.1, 0.15) is 25.3 Å². The van der Waals surface area contributed by atoms with Gasteiger partial charge < -0.3 is 16.4 Å². The van der Waals surface area contributed by atoms with E-state index in [0.29, 0.717) is 19.0 Å². The standard InChI is InChI=1S/C12H19N3O/c1-9(2)10-5-3-4-6-11(10)15-12(16)14-8-7-13/h3-6,9H,7-8,13H2,1-2H3,(H2,14,15,16). The molecule has 0 unspecified atom stereocenters. The maximum atomic E-state index is 11.5.